The first-order chi connectivity index (χ1) is 18.7. The summed E-state index contributed by atoms with van der Waals surface area (Å²) in [6, 6.07) is 19.5. The average molecular weight is 531 g/mol. The number of phenolic OH excluding ortho intramolecular Hbond substituents is 2. The van der Waals surface area contributed by atoms with Crippen molar-refractivity contribution in [3.05, 3.63) is 60.2 Å². The van der Waals surface area contributed by atoms with Crippen LogP contribution in [0.1, 0.15) is 18.4 Å². The van der Waals surface area contributed by atoms with Crippen molar-refractivity contribution in [2.45, 2.75) is 31.8 Å². The second-order valence-corrected chi connectivity index (χ2v) is 11.3. The average Bonchev–Trinajstić information content (AvgIpc) is 3.62. The van der Waals surface area contributed by atoms with Crippen LogP contribution in [0.5, 0.6) is 11.5 Å². The lowest BCUT2D eigenvalue weighted by molar-refractivity contribution is 0.315. The van der Waals surface area contributed by atoms with E-state index in [1.165, 1.54) is 24.2 Å². The van der Waals surface area contributed by atoms with Gasteiger partial charge in [0.05, 0.1) is 11.4 Å². The first-order valence-electron chi connectivity index (χ1n) is 13.8. The highest BCUT2D eigenvalue weighted by atomic mass is 16.3. The van der Waals surface area contributed by atoms with Gasteiger partial charge in [0.2, 0.25) is 0 Å². The predicted octanol–water partition coefficient (Wildman–Crippen LogP) is 5.17. The zero-order chi connectivity index (χ0) is 27.7. The Balaban J connectivity index is 1.28. The summed E-state index contributed by atoms with van der Waals surface area (Å²) in [7, 11) is 8.56. The first-order valence-corrected chi connectivity index (χ1v) is 13.8. The highest BCUT2D eigenvalue weighted by Crippen LogP contribution is 2.42. The van der Waals surface area contributed by atoms with Crippen molar-refractivity contribution in [2.24, 2.45) is 0 Å². The molecule has 0 spiro atoms. The Morgan fingerprint density at radius 1 is 0.667 bits per heavy atom. The van der Waals surface area contributed by atoms with Crippen LogP contribution in [0.3, 0.4) is 0 Å². The van der Waals surface area contributed by atoms with Crippen LogP contribution in [0.15, 0.2) is 54.6 Å². The van der Waals surface area contributed by atoms with Crippen molar-refractivity contribution in [3.8, 4) is 11.5 Å². The van der Waals surface area contributed by atoms with E-state index >= 15 is 0 Å². The van der Waals surface area contributed by atoms with Crippen molar-refractivity contribution in [1.82, 2.24) is 9.80 Å². The standard InChI is InChI=1S/C31H42N6O2/c1-21-30(38)28(32-22-6-10-24(11-7-22)36-16-14-26(19-36)34(2)3)18-29(31(21)39)33-23-8-12-25(13-9-23)37-17-15-27(20-37)35(4)5/h6-13,18,26-27,32-33,38-39H,14-17,19-20H2,1-5H3. The van der Waals surface area contributed by atoms with Gasteiger partial charge in [0.25, 0.3) is 0 Å². The van der Waals surface area contributed by atoms with E-state index in [0.717, 1.165) is 37.6 Å². The maximum Gasteiger partial charge on any atom is 0.145 e. The summed E-state index contributed by atoms with van der Waals surface area (Å²) < 4.78 is 0. The van der Waals surface area contributed by atoms with Crippen LogP contribution in [0.25, 0.3) is 0 Å². The van der Waals surface area contributed by atoms with E-state index in [0.29, 0.717) is 29.0 Å². The summed E-state index contributed by atoms with van der Waals surface area (Å²) in [5, 5.41) is 28.2. The molecule has 3 aromatic rings. The van der Waals surface area contributed by atoms with Gasteiger partial charge in [-0.15, -0.1) is 0 Å². The number of hydrogen-bond donors (Lipinski definition) is 4. The smallest absolute Gasteiger partial charge is 0.145 e. The van der Waals surface area contributed by atoms with Crippen LogP contribution in [-0.2, 0) is 0 Å². The van der Waals surface area contributed by atoms with Crippen molar-refractivity contribution < 1.29 is 10.2 Å². The maximum atomic E-state index is 10.8. The van der Waals surface area contributed by atoms with Gasteiger partial charge in [-0.2, -0.15) is 0 Å². The number of benzene rings is 3. The molecule has 0 bridgehead atoms. The number of nitrogens with one attached hydrogen (secondary N) is 2. The number of aromatic hydroxyl groups is 2. The van der Waals surface area contributed by atoms with E-state index in [-0.39, 0.29) is 11.5 Å². The van der Waals surface area contributed by atoms with E-state index < -0.39 is 0 Å². The molecule has 2 aliphatic rings. The largest absolute Gasteiger partial charge is 0.505 e. The molecule has 4 N–H and O–H groups in total. The van der Waals surface area contributed by atoms with E-state index in [1.807, 2.05) is 24.3 Å². The molecule has 3 aromatic carbocycles. The summed E-state index contributed by atoms with van der Waals surface area (Å²) >= 11 is 0. The molecule has 2 atom stereocenters. The molecule has 0 radical (unpaired) electrons. The van der Waals surface area contributed by atoms with Crippen molar-refractivity contribution in [3.63, 3.8) is 0 Å². The number of rotatable bonds is 8. The Morgan fingerprint density at radius 2 is 1.05 bits per heavy atom. The van der Waals surface area contributed by atoms with Crippen LogP contribution >= 0.6 is 0 Å². The molecule has 2 fully saturated rings. The second-order valence-electron chi connectivity index (χ2n) is 11.3. The van der Waals surface area contributed by atoms with Crippen LogP contribution in [0, 0.1) is 6.92 Å². The highest BCUT2D eigenvalue weighted by molar-refractivity contribution is 5.80. The minimum atomic E-state index is 0.0373. The maximum absolute atomic E-state index is 10.8. The van der Waals surface area contributed by atoms with Gasteiger partial charge in [-0.1, -0.05) is 0 Å². The van der Waals surface area contributed by atoms with Gasteiger partial charge in [-0.3, -0.25) is 0 Å². The van der Waals surface area contributed by atoms with Crippen molar-refractivity contribution in [2.75, 3.05) is 74.8 Å². The fraction of sp³-hybridized carbons (Fsp3) is 0.419. The molecule has 8 heteroatoms. The van der Waals surface area contributed by atoms with Crippen molar-refractivity contribution >= 4 is 34.1 Å². The van der Waals surface area contributed by atoms with Crippen LogP contribution in [-0.4, -0.2) is 86.5 Å². The molecule has 8 nitrogen and oxygen atoms in total. The summed E-state index contributed by atoms with van der Waals surface area (Å²) in [5.41, 5.74) is 5.66. The third-order valence-electron chi connectivity index (χ3n) is 8.32. The lowest BCUT2D eigenvalue weighted by Crippen LogP contribution is -2.31. The Labute approximate surface area is 232 Å². The van der Waals surface area contributed by atoms with Gasteiger partial charge < -0.3 is 40.4 Å². The summed E-state index contributed by atoms with van der Waals surface area (Å²) in [4.78, 5) is 9.40. The van der Waals surface area contributed by atoms with Crippen molar-refractivity contribution in [1.29, 1.82) is 0 Å². The van der Waals surface area contributed by atoms with E-state index in [9.17, 15) is 10.2 Å². The number of hydrogen-bond acceptors (Lipinski definition) is 8. The monoisotopic (exact) mass is 530 g/mol. The molecule has 2 aliphatic heterocycles. The second kappa shape index (κ2) is 11.2. The molecule has 0 aromatic heterocycles. The Hall–Kier alpha value is -3.62. The molecule has 5 rings (SSSR count). The van der Waals surface area contributed by atoms with E-state index in [2.05, 4.69) is 82.7 Å². The third-order valence-corrected chi connectivity index (χ3v) is 8.32. The number of phenols is 2. The molecule has 2 heterocycles. The lowest BCUT2D eigenvalue weighted by Gasteiger charge is -2.22. The minimum Gasteiger partial charge on any atom is -0.505 e. The number of likely N-dealkylation sites (N-methyl/N-ethyl adjacent to an activating group) is 2. The molecule has 0 amide bonds. The topological polar surface area (TPSA) is 77.5 Å². The highest BCUT2D eigenvalue weighted by Gasteiger charge is 2.25. The molecule has 2 saturated heterocycles. The quantitative estimate of drug-likeness (QED) is 0.235. The molecule has 39 heavy (non-hydrogen) atoms. The molecule has 0 aliphatic carbocycles. The third kappa shape index (κ3) is 5.87. The zero-order valence-corrected chi connectivity index (χ0v) is 23.8. The number of nitrogens with zero attached hydrogens (tertiary/aromatic N) is 4. The van der Waals surface area contributed by atoms with Crippen LogP contribution in [0.2, 0.25) is 0 Å². The van der Waals surface area contributed by atoms with Gasteiger partial charge in [0.1, 0.15) is 11.5 Å². The van der Waals surface area contributed by atoms with Gasteiger partial charge in [-0.05, 0) is 103 Å². The van der Waals surface area contributed by atoms with Gasteiger partial charge in [-0.25, -0.2) is 0 Å². The van der Waals surface area contributed by atoms with Crippen LogP contribution in [0.4, 0.5) is 34.1 Å². The summed E-state index contributed by atoms with van der Waals surface area (Å²) in [5.74, 6) is 0.0747. The fourth-order valence-electron chi connectivity index (χ4n) is 5.61. The molecule has 2 unspecified atom stereocenters. The minimum absolute atomic E-state index is 0.0373. The van der Waals surface area contributed by atoms with E-state index in [1.54, 1.807) is 13.0 Å². The summed E-state index contributed by atoms with van der Waals surface area (Å²) in [6.45, 7) is 5.89. The first kappa shape index (κ1) is 27.0. The van der Waals surface area contributed by atoms with E-state index in [4.69, 9.17) is 0 Å². The SMILES string of the molecule is Cc1c(O)c(Nc2ccc(N3CCC(N(C)C)C3)cc2)cc(Nc2ccc(N3CCC(N(C)C)C3)cc2)c1O. The van der Waals surface area contributed by atoms with Crippen LogP contribution < -0.4 is 20.4 Å². The Kier molecular flexibility index (Phi) is 7.77. The van der Waals surface area contributed by atoms with Gasteiger partial charge in [0, 0.05) is 66.6 Å². The fourth-order valence-corrected chi connectivity index (χ4v) is 5.61. The molecular weight excluding hydrogens is 488 g/mol. The summed E-state index contributed by atoms with van der Waals surface area (Å²) in [6.07, 6.45) is 2.34. The van der Waals surface area contributed by atoms with Gasteiger partial charge in [0.15, 0.2) is 0 Å². The Bertz CT molecular complexity index is 1180. The molecule has 208 valence electrons. The predicted molar refractivity (Wildman–Crippen MR) is 163 cm³/mol. The molecular formula is C31H42N6O2. The normalized spacial score (nSPS) is 19.4. The van der Waals surface area contributed by atoms with Gasteiger partial charge >= 0.3 is 0 Å². The lowest BCUT2D eigenvalue weighted by atomic mass is 10.1. The Morgan fingerprint density at radius 3 is 1.38 bits per heavy atom. The zero-order valence-electron chi connectivity index (χ0n) is 23.8. The molecule has 0 saturated carbocycles. The number of anilines is 6.